The molecular formula is C14H25N3O. The van der Waals surface area contributed by atoms with E-state index in [1.54, 1.807) is 0 Å². The van der Waals surface area contributed by atoms with E-state index in [9.17, 15) is 0 Å². The topological polar surface area (TPSA) is 53.1 Å². The van der Waals surface area contributed by atoms with Gasteiger partial charge in [0.2, 0.25) is 0 Å². The molecule has 1 heterocycles. The van der Waals surface area contributed by atoms with Gasteiger partial charge in [0.15, 0.2) is 0 Å². The van der Waals surface area contributed by atoms with Crippen LogP contribution in [0.4, 0.5) is 0 Å². The first-order chi connectivity index (χ1) is 8.59. The molecule has 2 rings (SSSR count). The van der Waals surface area contributed by atoms with E-state index >= 15 is 0 Å². The van der Waals surface area contributed by atoms with Crippen LogP contribution in [0.2, 0.25) is 0 Å². The zero-order chi connectivity index (χ0) is 13.0. The maximum absolute atomic E-state index is 6.42. The second kappa shape index (κ2) is 5.85. The summed E-state index contributed by atoms with van der Waals surface area (Å²) >= 11 is 0. The Morgan fingerprint density at radius 2 is 2.00 bits per heavy atom. The minimum absolute atomic E-state index is 0.107. The predicted molar refractivity (Wildman–Crippen MR) is 72.2 cm³/mol. The summed E-state index contributed by atoms with van der Waals surface area (Å²) in [6.45, 7) is 3.27. The zero-order valence-electron chi connectivity index (χ0n) is 11.6. The smallest absolute Gasteiger partial charge is 0.0885 e. The number of aromatic nitrogens is 2. The molecule has 0 spiro atoms. The molecule has 1 aromatic rings. The monoisotopic (exact) mass is 251 g/mol. The standard InChI is InChI=1S/C14H25N3O/c1-12-9-13(17(2)16-12)10-18-11-14(15)7-5-3-4-6-8-14/h9H,3-8,10-11,15H2,1-2H3. The molecule has 0 atom stereocenters. The van der Waals surface area contributed by atoms with Crippen molar-refractivity contribution in [1.82, 2.24) is 9.78 Å². The first-order valence-electron chi connectivity index (χ1n) is 6.95. The van der Waals surface area contributed by atoms with Gasteiger partial charge in [-0.2, -0.15) is 5.10 Å². The Bertz CT molecular complexity index is 378. The van der Waals surface area contributed by atoms with Crippen molar-refractivity contribution in [2.24, 2.45) is 12.8 Å². The molecule has 1 aliphatic rings. The van der Waals surface area contributed by atoms with Crippen LogP contribution in [0.5, 0.6) is 0 Å². The van der Waals surface area contributed by atoms with Gasteiger partial charge in [-0.3, -0.25) is 4.68 Å². The van der Waals surface area contributed by atoms with Crippen molar-refractivity contribution in [3.05, 3.63) is 17.5 Å². The van der Waals surface area contributed by atoms with Crippen LogP contribution in [0, 0.1) is 6.92 Å². The fraction of sp³-hybridized carbons (Fsp3) is 0.786. The largest absolute Gasteiger partial charge is 0.373 e. The summed E-state index contributed by atoms with van der Waals surface area (Å²) in [5, 5.41) is 4.31. The molecule has 0 aliphatic heterocycles. The molecule has 0 unspecified atom stereocenters. The highest BCUT2D eigenvalue weighted by Gasteiger charge is 2.26. The van der Waals surface area contributed by atoms with Crippen molar-refractivity contribution in [2.45, 2.75) is 57.6 Å². The molecule has 1 aromatic heterocycles. The van der Waals surface area contributed by atoms with Crippen LogP contribution < -0.4 is 5.73 Å². The minimum Gasteiger partial charge on any atom is -0.373 e. The number of nitrogens with zero attached hydrogens (tertiary/aromatic N) is 2. The van der Waals surface area contributed by atoms with Gasteiger partial charge in [0.05, 0.1) is 24.6 Å². The van der Waals surface area contributed by atoms with Crippen molar-refractivity contribution in [3.63, 3.8) is 0 Å². The van der Waals surface area contributed by atoms with E-state index in [0.29, 0.717) is 13.2 Å². The molecule has 0 aromatic carbocycles. The van der Waals surface area contributed by atoms with Gasteiger partial charge in [-0.15, -0.1) is 0 Å². The number of ether oxygens (including phenoxy) is 1. The Morgan fingerprint density at radius 1 is 1.33 bits per heavy atom. The predicted octanol–water partition coefficient (Wildman–Crippen LogP) is 2.30. The molecule has 4 nitrogen and oxygen atoms in total. The number of hydrogen-bond donors (Lipinski definition) is 1. The van der Waals surface area contributed by atoms with Crippen LogP contribution in [0.25, 0.3) is 0 Å². The fourth-order valence-electron chi connectivity index (χ4n) is 2.74. The molecule has 0 amide bonds. The van der Waals surface area contributed by atoms with Crippen LogP contribution in [-0.2, 0) is 18.4 Å². The van der Waals surface area contributed by atoms with Gasteiger partial charge in [0, 0.05) is 12.6 Å². The van der Waals surface area contributed by atoms with Gasteiger partial charge < -0.3 is 10.5 Å². The molecule has 1 saturated carbocycles. The number of rotatable bonds is 4. The lowest BCUT2D eigenvalue weighted by atomic mass is 9.93. The molecule has 102 valence electrons. The highest BCUT2D eigenvalue weighted by molar-refractivity contribution is 5.07. The van der Waals surface area contributed by atoms with Crippen LogP contribution in [0.1, 0.15) is 49.9 Å². The Kier molecular flexibility index (Phi) is 4.40. The second-order valence-corrected chi connectivity index (χ2v) is 5.67. The van der Waals surface area contributed by atoms with Gasteiger partial charge in [-0.25, -0.2) is 0 Å². The summed E-state index contributed by atoms with van der Waals surface area (Å²) in [4.78, 5) is 0. The van der Waals surface area contributed by atoms with Gasteiger partial charge >= 0.3 is 0 Å². The van der Waals surface area contributed by atoms with Crippen molar-refractivity contribution in [3.8, 4) is 0 Å². The molecular weight excluding hydrogens is 226 g/mol. The molecule has 1 aliphatic carbocycles. The average Bonchev–Trinajstić information content (AvgIpc) is 2.51. The average molecular weight is 251 g/mol. The molecule has 1 fully saturated rings. The van der Waals surface area contributed by atoms with E-state index in [2.05, 4.69) is 11.2 Å². The third-order valence-electron chi connectivity index (χ3n) is 3.84. The van der Waals surface area contributed by atoms with Crippen LogP contribution in [0.15, 0.2) is 6.07 Å². The molecule has 0 saturated heterocycles. The summed E-state index contributed by atoms with van der Waals surface area (Å²) in [5.41, 5.74) is 8.46. The Hall–Kier alpha value is -0.870. The highest BCUT2D eigenvalue weighted by atomic mass is 16.5. The lowest BCUT2D eigenvalue weighted by Crippen LogP contribution is -2.43. The van der Waals surface area contributed by atoms with Crippen LogP contribution in [-0.4, -0.2) is 21.9 Å². The van der Waals surface area contributed by atoms with Gasteiger partial charge in [0.25, 0.3) is 0 Å². The Balaban J connectivity index is 1.82. The molecule has 18 heavy (non-hydrogen) atoms. The SMILES string of the molecule is Cc1cc(COCC2(N)CCCCCC2)n(C)n1. The van der Waals surface area contributed by atoms with Crippen LogP contribution >= 0.6 is 0 Å². The Morgan fingerprint density at radius 3 is 2.56 bits per heavy atom. The first kappa shape index (κ1) is 13.6. The molecule has 4 heteroatoms. The summed E-state index contributed by atoms with van der Waals surface area (Å²) in [7, 11) is 1.95. The van der Waals surface area contributed by atoms with Crippen molar-refractivity contribution < 1.29 is 4.74 Å². The van der Waals surface area contributed by atoms with E-state index in [1.165, 1.54) is 25.7 Å². The van der Waals surface area contributed by atoms with Crippen molar-refractivity contribution in [1.29, 1.82) is 0 Å². The lowest BCUT2D eigenvalue weighted by molar-refractivity contribution is 0.0632. The van der Waals surface area contributed by atoms with Crippen molar-refractivity contribution >= 4 is 0 Å². The minimum atomic E-state index is -0.107. The van der Waals surface area contributed by atoms with E-state index in [4.69, 9.17) is 10.5 Å². The maximum Gasteiger partial charge on any atom is 0.0885 e. The van der Waals surface area contributed by atoms with Crippen molar-refractivity contribution in [2.75, 3.05) is 6.61 Å². The maximum atomic E-state index is 6.42. The quantitative estimate of drug-likeness (QED) is 0.835. The van der Waals surface area contributed by atoms with E-state index in [-0.39, 0.29) is 5.54 Å². The zero-order valence-corrected chi connectivity index (χ0v) is 11.6. The third-order valence-corrected chi connectivity index (χ3v) is 3.84. The normalized spacial score (nSPS) is 19.7. The third kappa shape index (κ3) is 3.56. The molecule has 2 N–H and O–H groups in total. The summed E-state index contributed by atoms with van der Waals surface area (Å²) in [6.07, 6.45) is 7.31. The first-order valence-corrected chi connectivity index (χ1v) is 6.95. The van der Waals surface area contributed by atoms with Gasteiger partial charge in [-0.05, 0) is 25.8 Å². The Labute approximate surface area is 110 Å². The highest BCUT2D eigenvalue weighted by Crippen LogP contribution is 2.25. The van der Waals surface area contributed by atoms with E-state index in [1.807, 2.05) is 18.7 Å². The number of nitrogens with two attached hydrogens (primary N) is 1. The second-order valence-electron chi connectivity index (χ2n) is 5.67. The summed E-state index contributed by atoms with van der Waals surface area (Å²) in [6, 6.07) is 2.07. The number of aryl methyl sites for hydroxylation is 2. The van der Waals surface area contributed by atoms with Gasteiger partial charge in [-0.1, -0.05) is 25.7 Å². The molecule has 0 radical (unpaired) electrons. The fourth-order valence-corrected chi connectivity index (χ4v) is 2.74. The van der Waals surface area contributed by atoms with E-state index < -0.39 is 0 Å². The number of hydrogen-bond acceptors (Lipinski definition) is 3. The van der Waals surface area contributed by atoms with E-state index in [0.717, 1.165) is 24.2 Å². The summed E-state index contributed by atoms with van der Waals surface area (Å²) in [5.74, 6) is 0. The van der Waals surface area contributed by atoms with Gasteiger partial charge in [0.1, 0.15) is 0 Å². The van der Waals surface area contributed by atoms with Crippen LogP contribution in [0.3, 0.4) is 0 Å². The summed E-state index contributed by atoms with van der Waals surface area (Å²) < 4.78 is 7.71. The molecule has 0 bridgehead atoms. The lowest BCUT2D eigenvalue weighted by Gasteiger charge is -2.27.